The number of aromatic nitrogens is 2. The van der Waals surface area contributed by atoms with Crippen LogP contribution in [0.25, 0.3) is 11.0 Å². The average molecular weight is 256 g/mol. The number of hydrogen-bond acceptors (Lipinski definition) is 5. The van der Waals surface area contributed by atoms with E-state index in [9.17, 15) is 0 Å². The fourth-order valence-electron chi connectivity index (χ4n) is 1.82. The molecular formula is C10H10ClN3OS. The minimum atomic E-state index is 0.324. The van der Waals surface area contributed by atoms with Crippen LogP contribution in [0.2, 0.25) is 5.02 Å². The molecule has 16 heavy (non-hydrogen) atoms. The molecule has 2 heterocycles. The van der Waals surface area contributed by atoms with Crippen LogP contribution in [0.1, 0.15) is 6.42 Å². The number of benzene rings is 1. The molecule has 1 unspecified atom stereocenters. The van der Waals surface area contributed by atoms with E-state index in [1.807, 2.05) is 12.1 Å². The Morgan fingerprint density at radius 2 is 2.38 bits per heavy atom. The van der Waals surface area contributed by atoms with Gasteiger partial charge in [-0.2, -0.15) is 8.75 Å². The highest BCUT2D eigenvalue weighted by molar-refractivity contribution is 7.00. The molecule has 1 saturated heterocycles. The third kappa shape index (κ3) is 1.75. The molecule has 0 aliphatic carbocycles. The van der Waals surface area contributed by atoms with Gasteiger partial charge < -0.3 is 10.1 Å². The zero-order valence-corrected chi connectivity index (χ0v) is 10.0. The molecule has 3 rings (SSSR count). The highest BCUT2D eigenvalue weighted by Gasteiger charge is 2.18. The van der Waals surface area contributed by atoms with E-state index in [0.29, 0.717) is 11.1 Å². The molecule has 0 saturated carbocycles. The second-order valence-electron chi connectivity index (χ2n) is 3.76. The van der Waals surface area contributed by atoms with Crippen LogP contribution in [0.3, 0.4) is 0 Å². The Morgan fingerprint density at radius 3 is 3.19 bits per heavy atom. The van der Waals surface area contributed by atoms with E-state index in [1.54, 1.807) is 0 Å². The maximum Gasteiger partial charge on any atom is 0.129 e. The number of nitrogens with zero attached hydrogens (tertiary/aromatic N) is 2. The van der Waals surface area contributed by atoms with Crippen LogP contribution in [0.15, 0.2) is 12.1 Å². The molecule has 4 nitrogen and oxygen atoms in total. The van der Waals surface area contributed by atoms with Crippen molar-refractivity contribution < 1.29 is 4.74 Å². The summed E-state index contributed by atoms with van der Waals surface area (Å²) in [6.45, 7) is 1.53. The van der Waals surface area contributed by atoms with Crippen LogP contribution in [0.4, 0.5) is 5.69 Å². The number of rotatable bonds is 2. The van der Waals surface area contributed by atoms with Gasteiger partial charge in [0, 0.05) is 6.61 Å². The Kier molecular flexibility index (Phi) is 2.67. The first-order chi connectivity index (χ1) is 7.84. The standard InChI is InChI=1S/C10H10ClN3OS/c11-7-1-2-8-10(14-16-13-8)9(7)12-6-3-4-15-5-6/h1-2,6,12H,3-5H2. The fraction of sp³-hybridized carbons (Fsp3) is 0.400. The van der Waals surface area contributed by atoms with Crippen molar-refractivity contribution in [3.05, 3.63) is 17.2 Å². The van der Waals surface area contributed by atoms with Crippen LogP contribution in [0, 0.1) is 0 Å². The van der Waals surface area contributed by atoms with Crippen molar-refractivity contribution in [3.8, 4) is 0 Å². The molecule has 0 radical (unpaired) electrons. The fourth-order valence-corrected chi connectivity index (χ4v) is 2.57. The van der Waals surface area contributed by atoms with Gasteiger partial charge in [-0.1, -0.05) is 11.6 Å². The normalized spacial score (nSPS) is 20.4. The molecule has 1 fully saturated rings. The molecule has 1 atom stereocenters. The van der Waals surface area contributed by atoms with Crippen molar-refractivity contribution in [2.24, 2.45) is 0 Å². The molecule has 1 N–H and O–H groups in total. The number of nitrogens with one attached hydrogen (secondary N) is 1. The Balaban J connectivity index is 1.99. The minimum absolute atomic E-state index is 0.324. The van der Waals surface area contributed by atoms with Gasteiger partial charge in [-0.05, 0) is 18.6 Å². The first-order valence-corrected chi connectivity index (χ1v) is 6.20. The molecule has 84 valence electrons. The molecule has 1 aromatic carbocycles. The SMILES string of the molecule is Clc1ccc2nsnc2c1NC1CCOC1. The van der Waals surface area contributed by atoms with Crippen molar-refractivity contribution in [2.45, 2.75) is 12.5 Å². The number of ether oxygens (including phenoxy) is 1. The summed E-state index contributed by atoms with van der Waals surface area (Å²) in [5.74, 6) is 0. The minimum Gasteiger partial charge on any atom is -0.379 e. The number of halogens is 1. The first kappa shape index (κ1) is 10.3. The zero-order chi connectivity index (χ0) is 11.0. The number of anilines is 1. The molecule has 2 aromatic rings. The second kappa shape index (κ2) is 4.16. The summed E-state index contributed by atoms with van der Waals surface area (Å²) < 4.78 is 13.8. The van der Waals surface area contributed by atoms with Gasteiger partial charge in [-0.3, -0.25) is 0 Å². The Labute approximate surface area is 102 Å². The summed E-state index contributed by atoms with van der Waals surface area (Å²) in [5.41, 5.74) is 2.61. The maximum absolute atomic E-state index is 6.17. The molecule has 0 amide bonds. The van der Waals surface area contributed by atoms with E-state index in [4.69, 9.17) is 16.3 Å². The Bertz CT molecular complexity index is 510. The van der Waals surface area contributed by atoms with Crippen LogP contribution in [0.5, 0.6) is 0 Å². The van der Waals surface area contributed by atoms with E-state index in [2.05, 4.69) is 14.1 Å². The van der Waals surface area contributed by atoms with Crippen molar-refractivity contribution >= 4 is 40.0 Å². The summed E-state index contributed by atoms with van der Waals surface area (Å²) in [7, 11) is 0. The van der Waals surface area contributed by atoms with Gasteiger partial charge in [0.1, 0.15) is 11.0 Å². The van der Waals surface area contributed by atoms with Gasteiger partial charge in [-0.25, -0.2) is 0 Å². The Hall–Kier alpha value is -0.910. The second-order valence-corrected chi connectivity index (χ2v) is 4.69. The number of hydrogen-bond donors (Lipinski definition) is 1. The van der Waals surface area contributed by atoms with Gasteiger partial charge in [-0.15, -0.1) is 0 Å². The van der Waals surface area contributed by atoms with Crippen molar-refractivity contribution in [2.75, 3.05) is 18.5 Å². The molecule has 6 heteroatoms. The summed E-state index contributed by atoms with van der Waals surface area (Å²) in [5, 5.41) is 4.07. The lowest BCUT2D eigenvalue weighted by atomic mass is 10.2. The van der Waals surface area contributed by atoms with Gasteiger partial charge in [0.2, 0.25) is 0 Å². The van der Waals surface area contributed by atoms with Crippen LogP contribution < -0.4 is 5.32 Å². The monoisotopic (exact) mass is 255 g/mol. The van der Waals surface area contributed by atoms with Gasteiger partial charge >= 0.3 is 0 Å². The quantitative estimate of drug-likeness (QED) is 0.896. The first-order valence-electron chi connectivity index (χ1n) is 5.09. The predicted molar refractivity (Wildman–Crippen MR) is 65.3 cm³/mol. The van der Waals surface area contributed by atoms with Gasteiger partial charge in [0.25, 0.3) is 0 Å². The van der Waals surface area contributed by atoms with Crippen molar-refractivity contribution in [1.29, 1.82) is 0 Å². The molecule has 0 bridgehead atoms. The maximum atomic E-state index is 6.17. The highest BCUT2D eigenvalue weighted by atomic mass is 35.5. The van der Waals surface area contributed by atoms with Crippen LogP contribution in [-0.2, 0) is 4.74 Å². The lowest BCUT2D eigenvalue weighted by molar-refractivity contribution is 0.195. The molecule has 1 aliphatic heterocycles. The Morgan fingerprint density at radius 1 is 1.44 bits per heavy atom. The summed E-state index contributed by atoms with van der Waals surface area (Å²) in [6, 6.07) is 4.06. The molecule has 0 spiro atoms. The average Bonchev–Trinajstić information content (AvgIpc) is 2.92. The van der Waals surface area contributed by atoms with E-state index >= 15 is 0 Å². The lowest BCUT2D eigenvalue weighted by Gasteiger charge is -2.13. The smallest absolute Gasteiger partial charge is 0.129 e. The van der Waals surface area contributed by atoms with Gasteiger partial charge in [0.05, 0.1) is 35.1 Å². The van der Waals surface area contributed by atoms with Crippen LogP contribution >= 0.6 is 23.3 Å². The third-order valence-electron chi connectivity index (χ3n) is 2.66. The lowest BCUT2D eigenvalue weighted by Crippen LogP contribution is -2.19. The van der Waals surface area contributed by atoms with Crippen LogP contribution in [-0.4, -0.2) is 28.0 Å². The van der Waals surface area contributed by atoms with E-state index < -0.39 is 0 Å². The summed E-state index contributed by atoms with van der Waals surface area (Å²) in [4.78, 5) is 0. The van der Waals surface area contributed by atoms with E-state index in [0.717, 1.165) is 36.4 Å². The number of fused-ring (bicyclic) bond motifs is 1. The third-order valence-corrected chi connectivity index (χ3v) is 3.51. The molecule has 1 aromatic heterocycles. The predicted octanol–water partition coefficient (Wildman–Crippen LogP) is 2.55. The largest absolute Gasteiger partial charge is 0.379 e. The van der Waals surface area contributed by atoms with E-state index in [-0.39, 0.29) is 0 Å². The van der Waals surface area contributed by atoms with E-state index in [1.165, 1.54) is 11.7 Å². The van der Waals surface area contributed by atoms with Crippen molar-refractivity contribution in [1.82, 2.24) is 8.75 Å². The zero-order valence-electron chi connectivity index (χ0n) is 8.44. The molecular weight excluding hydrogens is 246 g/mol. The summed E-state index contributed by atoms with van der Waals surface area (Å²) >= 11 is 7.38. The van der Waals surface area contributed by atoms with Crippen molar-refractivity contribution in [3.63, 3.8) is 0 Å². The highest BCUT2D eigenvalue weighted by Crippen LogP contribution is 2.31. The van der Waals surface area contributed by atoms with Gasteiger partial charge in [0.15, 0.2) is 0 Å². The topological polar surface area (TPSA) is 47.0 Å². The molecule has 1 aliphatic rings. The summed E-state index contributed by atoms with van der Waals surface area (Å²) in [6.07, 6.45) is 1.00.